The third-order valence-corrected chi connectivity index (χ3v) is 4.47. The van der Waals surface area contributed by atoms with Crippen molar-refractivity contribution in [1.82, 2.24) is 5.32 Å². The van der Waals surface area contributed by atoms with E-state index in [2.05, 4.69) is 10.6 Å². The topological polar surface area (TPSA) is 61.4 Å². The van der Waals surface area contributed by atoms with Crippen LogP contribution in [0.4, 0.5) is 11.4 Å². The Morgan fingerprint density at radius 1 is 1.12 bits per heavy atom. The number of rotatable bonds is 5. The lowest BCUT2D eigenvalue weighted by molar-refractivity contribution is -0.118. The number of amides is 2. The zero-order valence-electron chi connectivity index (χ0n) is 14.8. The van der Waals surface area contributed by atoms with E-state index < -0.39 is 0 Å². The molecule has 0 bridgehead atoms. The third kappa shape index (κ3) is 5.07. The number of benzene rings is 2. The maximum atomic E-state index is 12.4. The molecule has 2 N–H and O–H groups in total. The first kappa shape index (κ1) is 19.9. The van der Waals surface area contributed by atoms with Crippen LogP contribution < -0.4 is 15.5 Å². The lowest BCUT2D eigenvalue weighted by Gasteiger charge is -2.17. The van der Waals surface area contributed by atoms with Gasteiger partial charge in [0.05, 0.1) is 12.5 Å². The van der Waals surface area contributed by atoms with Crippen molar-refractivity contribution in [3.63, 3.8) is 0 Å². The number of anilines is 2. The van der Waals surface area contributed by atoms with E-state index in [-0.39, 0.29) is 30.3 Å². The molecule has 0 aliphatic carbocycles. The zero-order chi connectivity index (χ0) is 17.6. The van der Waals surface area contributed by atoms with Crippen LogP contribution in [-0.2, 0) is 16.0 Å². The summed E-state index contributed by atoms with van der Waals surface area (Å²) in [5.41, 5.74) is 2.55. The second-order valence-corrected chi connectivity index (χ2v) is 6.30. The van der Waals surface area contributed by atoms with Crippen LogP contribution in [0.15, 0.2) is 54.6 Å². The summed E-state index contributed by atoms with van der Waals surface area (Å²) < 4.78 is 0. The van der Waals surface area contributed by atoms with Gasteiger partial charge >= 0.3 is 0 Å². The predicted octanol–water partition coefficient (Wildman–Crippen LogP) is 3.00. The summed E-state index contributed by atoms with van der Waals surface area (Å²) in [4.78, 5) is 26.1. The number of hydrogen-bond acceptors (Lipinski definition) is 3. The van der Waals surface area contributed by atoms with Gasteiger partial charge in [0.1, 0.15) is 0 Å². The molecule has 1 aliphatic heterocycles. The molecule has 1 saturated heterocycles. The second kappa shape index (κ2) is 9.36. The molecular formula is C20H24ClN3O2. The number of carbonyl (C=O) groups excluding carboxylic acids is 2. The Labute approximate surface area is 160 Å². The van der Waals surface area contributed by atoms with E-state index in [0.29, 0.717) is 6.42 Å². The van der Waals surface area contributed by atoms with E-state index in [4.69, 9.17) is 0 Å². The van der Waals surface area contributed by atoms with Crippen LogP contribution in [0.25, 0.3) is 0 Å². The molecule has 1 fully saturated rings. The van der Waals surface area contributed by atoms with E-state index in [1.165, 1.54) is 0 Å². The largest absolute Gasteiger partial charge is 0.325 e. The number of carbonyl (C=O) groups is 2. The van der Waals surface area contributed by atoms with Crippen LogP contribution in [0.3, 0.4) is 0 Å². The van der Waals surface area contributed by atoms with Crippen molar-refractivity contribution in [3.8, 4) is 0 Å². The van der Waals surface area contributed by atoms with Gasteiger partial charge < -0.3 is 15.5 Å². The van der Waals surface area contributed by atoms with Crippen LogP contribution in [0.1, 0.15) is 18.4 Å². The number of nitrogens with one attached hydrogen (secondary N) is 2. The number of nitrogens with zero attached hydrogens (tertiary/aromatic N) is 1. The molecule has 1 aliphatic rings. The Morgan fingerprint density at radius 3 is 2.42 bits per heavy atom. The summed E-state index contributed by atoms with van der Waals surface area (Å²) in [6.45, 7) is 0.897. The minimum Gasteiger partial charge on any atom is -0.325 e. The summed E-state index contributed by atoms with van der Waals surface area (Å²) in [6, 6.07) is 16.9. The van der Waals surface area contributed by atoms with E-state index in [9.17, 15) is 9.59 Å². The molecule has 6 heteroatoms. The lowest BCUT2D eigenvalue weighted by atomic mass is 10.1. The van der Waals surface area contributed by atoms with E-state index in [0.717, 1.165) is 36.3 Å². The molecule has 138 valence electrons. The Bertz CT molecular complexity index is 728. The molecule has 0 aromatic heterocycles. The Balaban J connectivity index is 0.00000243. The van der Waals surface area contributed by atoms with Crippen LogP contribution >= 0.6 is 12.4 Å². The molecule has 2 amide bonds. The predicted molar refractivity (Wildman–Crippen MR) is 107 cm³/mol. The molecule has 0 spiro atoms. The van der Waals surface area contributed by atoms with Gasteiger partial charge in [-0.15, -0.1) is 12.4 Å². The van der Waals surface area contributed by atoms with E-state index in [1.54, 1.807) is 11.9 Å². The van der Waals surface area contributed by atoms with Gasteiger partial charge in [0.15, 0.2) is 0 Å². The van der Waals surface area contributed by atoms with Crippen LogP contribution in [0.2, 0.25) is 0 Å². The SMILES string of the molecule is CN(C(=O)Cc1ccc(NC(=O)C2CCCN2)cc1)c1ccccc1.Cl. The fraction of sp³-hybridized carbons (Fsp3) is 0.300. The highest BCUT2D eigenvalue weighted by molar-refractivity contribution is 5.96. The molecule has 1 heterocycles. The van der Waals surface area contributed by atoms with Crippen molar-refractivity contribution in [2.24, 2.45) is 0 Å². The van der Waals surface area contributed by atoms with Crippen LogP contribution in [-0.4, -0.2) is 31.4 Å². The van der Waals surface area contributed by atoms with Gasteiger partial charge in [-0.25, -0.2) is 0 Å². The summed E-state index contributed by atoms with van der Waals surface area (Å²) >= 11 is 0. The van der Waals surface area contributed by atoms with Crippen molar-refractivity contribution in [1.29, 1.82) is 0 Å². The quantitative estimate of drug-likeness (QED) is 0.846. The fourth-order valence-corrected chi connectivity index (χ4v) is 2.93. The Kier molecular flexibility index (Phi) is 7.18. The van der Waals surface area contributed by atoms with Crippen molar-refractivity contribution >= 4 is 35.6 Å². The van der Waals surface area contributed by atoms with Crippen LogP contribution in [0, 0.1) is 0 Å². The highest BCUT2D eigenvalue weighted by Crippen LogP contribution is 2.16. The summed E-state index contributed by atoms with van der Waals surface area (Å²) in [6.07, 6.45) is 2.24. The van der Waals surface area contributed by atoms with Gasteiger partial charge in [-0.3, -0.25) is 9.59 Å². The maximum absolute atomic E-state index is 12.4. The van der Waals surface area contributed by atoms with Gasteiger partial charge in [0, 0.05) is 18.4 Å². The molecule has 0 radical (unpaired) electrons. The minimum absolute atomic E-state index is 0. The summed E-state index contributed by atoms with van der Waals surface area (Å²) in [7, 11) is 1.78. The molecule has 0 saturated carbocycles. The molecule has 26 heavy (non-hydrogen) atoms. The summed E-state index contributed by atoms with van der Waals surface area (Å²) in [5, 5.41) is 6.10. The van der Waals surface area contributed by atoms with Gasteiger partial charge in [-0.05, 0) is 49.2 Å². The van der Waals surface area contributed by atoms with Crippen LogP contribution in [0.5, 0.6) is 0 Å². The maximum Gasteiger partial charge on any atom is 0.241 e. The highest BCUT2D eigenvalue weighted by Gasteiger charge is 2.21. The van der Waals surface area contributed by atoms with Gasteiger partial charge in [0.25, 0.3) is 0 Å². The average Bonchev–Trinajstić information content (AvgIpc) is 3.18. The van der Waals surface area contributed by atoms with Crippen molar-refractivity contribution < 1.29 is 9.59 Å². The standard InChI is InChI=1S/C20H23N3O2.ClH/c1-23(17-6-3-2-4-7-17)19(24)14-15-9-11-16(12-10-15)22-20(25)18-8-5-13-21-18;/h2-4,6-7,9-12,18,21H,5,8,13-14H2,1H3,(H,22,25);1H. The lowest BCUT2D eigenvalue weighted by Crippen LogP contribution is -2.35. The smallest absolute Gasteiger partial charge is 0.241 e. The molecule has 1 atom stereocenters. The number of halogens is 1. The first-order valence-electron chi connectivity index (χ1n) is 8.58. The number of likely N-dealkylation sites (N-methyl/N-ethyl adjacent to an activating group) is 1. The molecular weight excluding hydrogens is 350 g/mol. The van der Waals surface area contributed by atoms with Gasteiger partial charge in [-0.2, -0.15) is 0 Å². The molecule has 5 nitrogen and oxygen atoms in total. The number of para-hydroxylation sites is 1. The number of hydrogen-bond donors (Lipinski definition) is 2. The monoisotopic (exact) mass is 373 g/mol. The Morgan fingerprint density at radius 2 is 1.81 bits per heavy atom. The summed E-state index contributed by atoms with van der Waals surface area (Å²) in [5.74, 6) is 0.0308. The average molecular weight is 374 g/mol. The third-order valence-electron chi connectivity index (χ3n) is 4.47. The molecule has 2 aromatic rings. The second-order valence-electron chi connectivity index (χ2n) is 6.30. The minimum atomic E-state index is -0.0965. The van der Waals surface area contributed by atoms with E-state index in [1.807, 2.05) is 54.6 Å². The van der Waals surface area contributed by atoms with Gasteiger partial charge in [-0.1, -0.05) is 30.3 Å². The molecule has 1 unspecified atom stereocenters. The molecule has 3 rings (SSSR count). The van der Waals surface area contributed by atoms with Crippen molar-refractivity contribution in [3.05, 3.63) is 60.2 Å². The molecule has 2 aromatic carbocycles. The van der Waals surface area contributed by atoms with Crippen molar-refractivity contribution in [2.45, 2.75) is 25.3 Å². The fourth-order valence-electron chi connectivity index (χ4n) is 2.93. The normalized spacial score (nSPS) is 15.8. The Hall–Kier alpha value is -2.37. The highest BCUT2D eigenvalue weighted by atomic mass is 35.5. The van der Waals surface area contributed by atoms with E-state index >= 15 is 0 Å². The first-order valence-corrected chi connectivity index (χ1v) is 8.58. The first-order chi connectivity index (χ1) is 12.1. The zero-order valence-corrected chi connectivity index (χ0v) is 15.6. The van der Waals surface area contributed by atoms with Gasteiger partial charge in [0.2, 0.25) is 11.8 Å². The van der Waals surface area contributed by atoms with Crippen molar-refractivity contribution in [2.75, 3.05) is 23.8 Å².